The van der Waals surface area contributed by atoms with Gasteiger partial charge in [0.05, 0.1) is 43.1 Å². The van der Waals surface area contributed by atoms with E-state index in [4.69, 9.17) is 4.74 Å². The van der Waals surface area contributed by atoms with Gasteiger partial charge in [-0.25, -0.2) is 15.0 Å². The number of pyridine rings is 2. The number of fused-ring (bicyclic) bond motifs is 1. The quantitative estimate of drug-likeness (QED) is 0.226. The van der Waals surface area contributed by atoms with Crippen molar-refractivity contribution in [2.24, 2.45) is 7.05 Å². The Labute approximate surface area is 229 Å². The Morgan fingerprint density at radius 2 is 1.63 bits per heavy atom. The van der Waals surface area contributed by atoms with Gasteiger partial charge in [-0.2, -0.15) is 26.3 Å². The van der Waals surface area contributed by atoms with Gasteiger partial charge in [0.15, 0.2) is 5.69 Å². The van der Waals surface area contributed by atoms with Crippen molar-refractivity contribution in [1.29, 1.82) is 0 Å². The summed E-state index contributed by atoms with van der Waals surface area (Å²) in [4.78, 5) is 11.6. The second-order valence-electron chi connectivity index (χ2n) is 9.29. The first-order valence-electron chi connectivity index (χ1n) is 12.2. The molecule has 0 atom stereocenters. The Kier molecular flexibility index (Phi) is 7.20. The monoisotopic (exact) mass is 572 g/mol. The van der Waals surface area contributed by atoms with Gasteiger partial charge >= 0.3 is 12.4 Å². The van der Waals surface area contributed by atoms with E-state index in [0.717, 1.165) is 6.07 Å². The lowest BCUT2D eigenvalue weighted by atomic mass is 9.94. The number of hydrogen-bond acceptors (Lipinski definition) is 5. The number of aliphatic hydroxyl groups excluding tert-OH is 1. The van der Waals surface area contributed by atoms with E-state index in [-0.39, 0.29) is 56.7 Å². The van der Waals surface area contributed by atoms with Crippen LogP contribution in [0.2, 0.25) is 0 Å². The Balaban J connectivity index is 1.80. The van der Waals surface area contributed by atoms with Crippen LogP contribution in [0.3, 0.4) is 0 Å². The summed E-state index contributed by atoms with van der Waals surface area (Å²) in [7, 11) is 2.80. The van der Waals surface area contributed by atoms with Gasteiger partial charge < -0.3 is 14.4 Å². The SMILES string of the molecule is COc1c(Cc2ccccc2)c(C(F)(F)F)nc2ccc(-c3cc(C(F)(F)F)nc(-c4cncn4C)c3CO)cc12. The molecule has 0 fully saturated rings. The molecular weight excluding hydrogens is 550 g/mol. The summed E-state index contributed by atoms with van der Waals surface area (Å²) in [5.41, 5.74) is -1.61. The van der Waals surface area contributed by atoms with Crippen molar-refractivity contribution >= 4 is 10.9 Å². The van der Waals surface area contributed by atoms with E-state index in [1.54, 1.807) is 37.4 Å². The highest BCUT2D eigenvalue weighted by molar-refractivity contribution is 5.92. The van der Waals surface area contributed by atoms with Crippen molar-refractivity contribution in [2.45, 2.75) is 25.4 Å². The molecule has 5 rings (SSSR count). The van der Waals surface area contributed by atoms with Crippen LogP contribution in [0.25, 0.3) is 33.4 Å². The summed E-state index contributed by atoms with van der Waals surface area (Å²) in [6.45, 7) is -0.666. The number of methoxy groups -OCH3 is 1. The van der Waals surface area contributed by atoms with Crippen LogP contribution in [0.1, 0.15) is 28.1 Å². The first-order valence-corrected chi connectivity index (χ1v) is 12.2. The Bertz CT molecular complexity index is 1730. The number of ether oxygens (including phenoxy) is 1. The first kappa shape index (κ1) is 28.1. The van der Waals surface area contributed by atoms with E-state index >= 15 is 0 Å². The minimum Gasteiger partial charge on any atom is -0.496 e. The molecule has 0 bridgehead atoms. The van der Waals surface area contributed by atoms with Crippen LogP contribution in [0.15, 0.2) is 67.1 Å². The summed E-state index contributed by atoms with van der Waals surface area (Å²) < 4.78 is 91.2. The highest BCUT2D eigenvalue weighted by atomic mass is 19.4. The first-order chi connectivity index (χ1) is 19.4. The van der Waals surface area contributed by atoms with E-state index in [2.05, 4.69) is 15.0 Å². The summed E-state index contributed by atoms with van der Waals surface area (Å²) in [6.07, 6.45) is -7.05. The number of alkyl halides is 6. The summed E-state index contributed by atoms with van der Waals surface area (Å²) >= 11 is 0. The van der Waals surface area contributed by atoms with Crippen molar-refractivity contribution in [2.75, 3.05) is 7.11 Å². The zero-order valence-corrected chi connectivity index (χ0v) is 21.7. The number of halogens is 6. The van der Waals surface area contributed by atoms with Gasteiger partial charge in [-0.15, -0.1) is 0 Å². The normalized spacial score (nSPS) is 12.2. The largest absolute Gasteiger partial charge is 0.496 e. The van der Waals surface area contributed by atoms with Crippen LogP contribution in [0.5, 0.6) is 5.75 Å². The summed E-state index contributed by atoms with van der Waals surface area (Å²) in [5.74, 6) is -0.101. The predicted octanol–water partition coefficient (Wildman–Crippen LogP) is 6.83. The van der Waals surface area contributed by atoms with Gasteiger partial charge in [0, 0.05) is 30.0 Å². The molecule has 0 aliphatic rings. The third-order valence-corrected chi connectivity index (χ3v) is 6.67. The molecule has 0 aliphatic heterocycles. The molecule has 6 nitrogen and oxygen atoms in total. The van der Waals surface area contributed by atoms with E-state index < -0.39 is 30.3 Å². The summed E-state index contributed by atoms with van der Waals surface area (Å²) in [6, 6.07) is 13.3. The van der Waals surface area contributed by atoms with Crippen LogP contribution in [-0.2, 0) is 32.4 Å². The Morgan fingerprint density at radius 1 is 0.902 bits per heavy atom. The lowest BCUT2D eigenvalue weighted by Crippen LogP contribution is -2.14. The molecule has 1 N–H and O–H groups in total. The maximum absolute atomic E-state index is 14.1. The second kappa shape index (κ2) is 10.5. The molecule has 0 spiro atoms. The van der Waals surface area contributed by atoms with Gasteiger partial charge in [-0.1, -0.05) is 36.4 Å². The Hall–Kier alpha value is -4.45. The van der Waals surface area contributed by atoms with Crippen molar-refractivity contribution in [1.82, 2.24) is 19.5 Å². The van der Waals surface area contributed by atoms with E-state index in [1.807, 2.05) is 0 Å². The number of imidazole rings is 1. The third kappa shape index (κ3) is 5.34. The third-order valence-electron chi connectivity index (χ3n) is 6.67. The Morgan fingerprint density at radius 3 is 2.22 bits per heavy atom. The van der Waals surface area contributed by atoms with Crippen molar-refractivity contribution in [3.63, 3.8) is 0 Å². The van der Waals surface area contributed by atoms with Gasteiger partial charge in [-0.3, -0.25) is 0 Å². The van der Waals surface area contributed by atoms with E-state index in [1.165, 1.54) is 42.4 Å². The molecule has 0 aliphatic carbocycles. The number of aliphatic hydroxyl groups is 1. The smallest absolute Gasteiger partial charge is 0.433 e. The fourth-order valence-corrected chi connectivity index (χ4v) is 4.80. The number of rotatable bonds is 6. The molecule has 3 aromatic heterocycles. The van der Waals surface area contributed by atoms with Gasteiger partial charge in [0.25, 0.3) is 0 Å². The molecule has 212 valence electrons. The number of aromatic nitrogens is 4. The molecule has 5 aromatic rings. The molecule has 0 saturated heterocycles. The van der Waals surface area contributed by atoms with Crippen LogP contribution in [0, 0.1) is 0 Å². The lowest BCUT2D eigenvalue weighted by molar-refractivity contribution is -0.142. The molecule has 0 radical (unpaired) electrons. The molecule has 12 heteroatoms. The van der Waals surface area contributed by atoms with Gasteiger partial charge in [-0.05, 0) is 34.9 Å². The fourth-order valence-electron chi connectivity index (χ4n) is 4.80. The number of hydrogen-bond donors (Lipinski definition) is 1. The predicted molar refractivity (Wildman–Crippen MR) is 139 cm³/mol. The lowest BCUT2D eigenvalue weighted by Gasteiger charge is -2.20. The van der Waals surface area contributed by atoms with E-state index in [0.29, 0.717) is 5.56 Å². The maximum atomic E-state index is 14.1. The van der Waals surface area contributed by atoms with Crippen molar-refractivity contribution in [3.8, 4) is 28.3 Å². The zero-order valence-electron chi connectivity index (χ0n) is 21.7. The topological polar surface area (TPSA) is 73.1 Å². The fraction of sp³-hybridized carbons (Fsp3) is 0.207. The molecule has 41 heavy (non-hydrogen) atoms. The van der Waals surface area contributed by atoms with Gasteiger partial charge in [0.2, 0.25) is 0 Å². The second-order valence-corrected chi connectivity index (χ2v) is 9.29. The minimum atomic E-state index is -4.82. The number of nitrogens with zero attached hydrogens (tertiary/aromatic N) is 4. The average molecular weight is 573 g/mol. The van der Waals surface area contributed by atoms with E-state index in [9.17, 15) is 31.4 Å². The van der Waals surface area contributed by atoms with Crippen molar-refractivity contribution in [3.05, 3.63) is 95.2 Å². The number of benzene rings is 2. The van der Waals surface area contributed by atoms with Crippen LogP contribution >= 0.6 is 0 Å². The summed E-state index contributed by atoms with van der Waals surface area (Å²) in [5, 5.41) is 10.4. The maximum Gasteiger partial charge on any atom is 0.433 e. The number of aryl methyl sites for hydroxylation is 1. The van der Waals surface area contributed by atoms with Gasteiger partial charge in [0.1, 0.15) is 11.4 Å². The van der Waals surface area contributed by atoms with Crippen LogP contribution in [-0.4, -0.2) is 31.7 Å². The molecule has 0 unspecified atom stereocenters. The molecule has 2 aromatic carbocycles. The molecule has 0 amide bonds. The molecule has 0 saturated carbocycles. The minimum absolute atomic E-state index is 0.000477. The highest BCUT2D eigenvalue weighted by Crippen LogP contribution is 2.43. The average Bonchev–Trinajstić information content (AvgIpc) is 3.36. The molecular formula is C29H22F6N4O2. The van der Waals surface area contributed by atoms with Crippen molar-refractivity contribution < 1.29 is 36.2 Å². The highest BCUT2D eigenvalue weighted by Gasteiger charge is 2.38. The van der Waals surface area contributed by atoms with Crippen LogP contribution < -0.4 is 4.74 Å². The zero-order chi connectivity index (χ0) is 29.5. The molecule has 3 heterocycles. The van der Waals surface area contributed by atoms with Crippen LogP contribution in [0.4, 0.5) is 26.3 Å². The standard InChI is InChI=1S/C29H22F6N4O2/c1-39-15-36-13-23(39)25-21(14-40)18(12-24(38-25)28(30,31)32)17-8-9-22-19(11-17)26(41-2)20(27(37-22)29(33,34)35)10-16-6-4-3-5-7-16/h3-9,11-13,15,40H,10,14H2,1-2H3.